The first-order valence-electron chi connectivity index (χ1n) is 5.42. The first kappa shape index (κ1) is 16.6. The summed E-state index contributed by atoms with van der Waals surface area (Å²) in [5.41, 5.74) is 5.37. The Bertz CT molecular complexity index is 753. The Morgan fingerprint density at radius 3 is 2.55 bits per heavy atom. The van der Waals surface area contributed by atoms with E-state index >= 15 is 0 Å². The number of aromatic nitrogens is 2. The molecule has 0 saturated carbocycles. The molecule has 0 atom stereocenters. The first-order valence-corrected chi connectivity index (χ1v) is 6.22. The van der Waals surface area contributed by atoms with E-state index in [9.17, 15) is 14.4 Å². The minimum absolute atomic E-state index is 0. The van der Waals surface area contributed by atoms with Crippen LogP contribution in [0.4, 0.5) is 0 Å². The number of amides is 1. The minimum Gasteiger partial charge on any atom is -0.351 e. The van der Waals surface area contributed by atoms with Crippen LogP contribution in [0.3, 0.4) is 0 Å². The minimum atomic E-state index is -0.735. The van der Waals surface area contributed by atoms with Crippen molar-refractivity contribution >= 4 is 49.9 Å². The topological polar surface area (TPSA) is 121 Å². The van der Waals surface area contributed by atoms with Crippen molar-refractivity contribution in [3.8, 4) is 0 Å². The molecule has 1 amide bonds. The summed E-state index contributed by atoms with van der Waals surface area (Å²) in [7, 11) is 0. The molecule has 9 heteroatoms. The van der Waals surface area contributed by atoms with Gasteiger partial charge in [-0.2, -0.15) is 0 Å². The zero-order valence-electron chi connectivity index (χ0n) is 10.2. The molecule has 0 spiro atoms. The van der Waals surface area contributed by atoms with E-state index in [1.54, 1.807) is 12.1 Å². The second-order valence-electron chi connectivity index (χ2n) is 3.88. The number of hydrogen-bond acceptors (Lipinski definition) is 4. The summed E-state index contributed by atoms with van der Waals surface area (Å²) in [6.45, 7) is 0.0905. The number of hydrogen-bond donors (Lipinski definition) is 4. The van der Waals surface area contributed by atoms with Crippen LogP contribution in [0.15, 0.2) is 26.2 Å². The van der Waals surface area contributed by atoms with Crippen LogP contribution in [0.25, 0.3) is 11.0 Å². The van der Waals surface area contributed by atoms with E-state index in [-0.39, 0.29) is 36.0 Å². The fourth-order valence-electron chi connectivity index (χ4n) is 1.66. The largest absolute Gasteiger partial charge is 0.351 e. The molecular formula is C11H12Br2N4O3. The third-order valence-corrected chi connectivity index (χ3v) is 3.00. The Balaban J connectivity index is 0.00000200. The Kier molecular flexibility index (Phi) is 5.66. The normalized spacial score (nSPS) is 10.1. The van der Waals surface area contributed by atoms with Gasteiger partial charge in [-0.05, 0) is 17.7 Å². The monoisotopic (exact) mass is 406 g/mol. The Morgan fingerprint density at radius 1 is 1.25 bits per heavy atom. The lowest BCUT2D eigenvalue weighted by atomic mass is 10.1. The number of nitrogens with two attached hydrogens (primary N) is 1. The van der Waals surface area contributed by atoms with Crippen LogP contribution in [0.2, 0.25) is 0 Å². The van der Waals surface area contributed by atoms with Crippen LogP contribution >= 0.6 is 32.9 Å². The number of aromatic amines is 2. The van der Waals surface area contributed by atoms with E-state index in [1.807, 2.05) is 0 Å². The lowest BCUT2D eigenvalue weighted by Gasteiger charge is -2.08. The summed E-state index contributed by atoms with van der Waals surface area (Å²) in [6, 6.07) is 3.41. The van der Waals surface area contributed by atoms with Crippen molar-refractivity contribution in [2.45, 2.75) is 6.54 Å². The van der Waals surface area contributed by atoms with E-state index in [0.29, 0.717) is 16.6 Å². The molecule has 108 valence electrons. The second kappa shape index (κ2) is 6.82. The highest BCUT2D eigenvalue weighted by Crippen LogP contribution is 2.19. The van der Waals surface area contributed by atoms with Gasteiger partial charge in [-0.15, -0.1) is 17.0 Å². The molecule has 0 aliphatic heterocycles. The van der Waals surface area contributed by atoms with Gasteiger partial charge in [0.15, 0.2) is 0 Å². The fourth-order valence-corrected chi connectivity index (χ4v) is 2.17. The highest BCUT2D eigenvalue weighted by atomic mass is 79.9. The third kappa shape index (κ3) is 3.56. The summed E-state index contributed by atoms with van der Waals surface area (Å²) in [4.78, 5) is 38.7. The number of rotatable bonds is 3. The van der Waals surface area contributed by atoms with E-state index in [0.717, 1.165) is 4.47 Å². The number of H-pyrrole nitrogens is 2. The molecule has 0 unspecified atom stereocenters. The molecule has 0 radical (unpaired) electrons. The molecule has 0 bridgehead atoms. The molecule has 7 nitrogen and oxygen atoms in total. The zero-order valence-corrected chi connectivity index (χ0v) is 13.5. The molecule has 2 rings (SSSR count). The summed E-state index contributed by atoms with van der Waals surface area (Å²) >= 11 is 3.30. The van der Waals surface area contributed by atoms with Gasteiger partial charge in [-0.1, -0.05) is 15.9 Å². The van der Waals surface area contributed by atoms with Crippen molar-refractivity contribution in [3.05, 3.63) is 42.9 Å². The average molecular weight is 408 g/mol. The Morgan fingerprint density at radius 2 is 1.90 bits per heavy atom. The molecule has 0 aliphatic rings. The second-order valence-corrected chi connectivity index (χ2v) is 4.79. The maximum atomic E-state index is 11.3. The van der Waals surface area contributed by atoms with Crippen LogP contribution in [0.5, 0.6) is 0 Å². The van der Waals surface area contributed by atoms with Gasteiger partial charge in [-0.25, -0.2) is 0 Å². The fraction of sp³-hybridized carbons (Fsp3) is 0.182. The zero-order chi connectivity index (χ0) is 14.0. The maximum Gasteiger partial charge on any atom is 0.314 e. The molecule has 2 aromatic rings. The molecule has 0 fully saturated rings. The van der Waals surface area contributed by atoms with E-state index in [2.05, 4.69) is 31.2 Å². The molecule has 1 heterocycles. The molecule has 0 saturated heterocycles. The Hall–Kier alpha value is -1.45. The van der Waals surface area contributed by atoms with Crippen molar-refractivity contribution in [1.82, 2.24) is 15.3 Å². The number of halogens is 2. The Labute approximate surface area is 131 Å². The van der Waals surface area contributed by atoms with Crippen LogP contribution in [0, 0.1) is 0 Å². The average Bonchev–Trinajstić information content (AvgIpc) is 2.37. The van der Waals surface area contributed by atoms with Gasteiger partial charge in [0.1, 0.15) is 0 Å². The van der Waals surface area contributed by atoms with Crippen molar-refractivity contribution in [3.63, 3.8) is 0 Å². The standard InChI is InChI=1S/C11H11BrN4O3.BrH/c12-6-1-5(4-14-8(17)3-13)9-7(2-6)15-10(18)11(19)16-9;/h1-2H,3-4,13H2,(H,14,17)(H,15,18)(H,16,19);1H. The smallest absolute Gasteiger partial charge is 0.314 e. The molecule has 1 aromatic heterocycles. The number of fused-ring (bicyclic) bond motifs is 1. The number of nitrogens with one attached hydrogen (secondary N) is 3. The van der Waals surface area contributed by atoms with Gasteiger partial charge in [0.2, 0.25) is 5.91 Å². The maximum absolute atomic E-state index is 11.3. The lowest BCUT2D eigenvalue weighted by Crippen LogP contribution is -2.31. The van der Waals surface area contributed by atoms with E-state index < -0.39 is 11.1 Å². The van der Waals surface area contributed by atoms with E-state index in [4.69, 9.17) is 5.73 Å². The number of carbonyl (C=O) groups excluding carboxylic acids is 1. The molecule has 20 heavy (non-hydrogen) atoms. The van der Waals surface area contributed by atoms with Crippen molar-refractivity contribution in [1.29, 1.82) is 0 Å². The van der Waals surface area contributed by atoms with Gasteiger partial charge in [0.05, 0.1) is 17.6 Å². The van der Waals surface area contributed by atoms with Gasteiger partial charge < -0.3 is 21.0 Å². The first-order chi connectivity index (χ1) is 9.01. The molecule has 0 aliphatic carbocycles. The van der Waals surface area contributed by atoms with Crippen molar-refractivity contribution in [2.75, 3.05) is 6.54 Å². The van der Waals surface area contributed by atoms with Crippen molar-refractivity contribution < 1.29 is 4.79 Å². The summed E-state index contributed by atoms with van der Waals surface area (Å²) in [5.74, 6) is -0.306. The summed E-state index contributed by atoms with van der Waals surface area (Å²) in [6.07, 6.45) is 0. The van der Waals surface area contributed by atoms with Gasteiger partial charge in [0, 0.05) is 11.0 Å². The third-order valence-electron chi connectivity index (χ3n) is 2.54. The highest BCUT2D eigenvalue weighted by Gasteiger charge is 2.08. The van der Waals surface area contributed by atoms with Crippen LogP contribution in [-0.4, -0.2) is 22.4 Å². The lowest BCUT2D eigenvalue weighted by molar-refractivity contribution is -0.119. The quantitative estimate of drug-likeness (QED) is 0.540. The summed E-state index contributed by atoms with van der Waals surface area (Å²) < 4.78 is 0.722. The van der Waals surface area contributed by atoms with Gasteiger partial charge >= 0.3 is 11.1 Å². The van der Waals surface area contributed by atoms with E-state index in [1.165, 1.54) is 0 Å². The number of carbonyl (C=O) groups is 1. The SMILES string of the molecule is Br.NCC(=O)NCc1cc(Br)cc2[nH]c(=O)c(=O)[nH]c12. The van der Waals surface area contributed by atoms with Crippen LogP contribution in [0.1, 0.15) is 5.56 Å². The van der Waals surface area contributed by atoms with Crippen LogP contribution in [-0.2, 0) is 11.3 Å². The predicted molar refractivity (Wildman–Crippen MR) is 84.1 cm³/mol. The van der Waals surface area contributed by atoms with Gasteiger partial charge in [-0.3, -0.25) is 14.4 Å². The van der Waals surface area contributed by atoms with Crippen molar-refractivity contribution in [2.24, 2.45) is 5.73 Å². The molecule has 1 aromatic carbocycles. The number of benzene rings is 1. The van der Waals surface area contributed by atoms with Crippen LogP contribution < -0.4 is 22.2 Å². The predicted octanol–water partition coefficient (Wildman–Crippen LogP) is 0.132. The van der Waals surface area contributed by atoms with Gasteiger partial charge in [0.25, 0.3) is 0 Å². The summed E-state index contributed by atoms with van der Waals surface area (Å²) in [5, 5.41) is 2.60. The highest BCUT2D eigenvalue weighted by molar-refractivity contribution is 9.10. The molecular weight excluding hydrogens is 396 g/mol. The molecule has 5 N–H and O–H groups in total.